The summed E-state index contributed by atoms with van der Waals surface area (Å²) in [7, 11) is 0. The summed E-state index contributed by atoms with van der Waals surface area (Å²) in [6.45, 7) is 4.20. The number of benzene rings is 1. The molecular formula is C21H25N3O4. The van der Waals surface area contributed by atoms with Crippen LogP contribution in [0, 0.1) is 5.92 Å². The average Bonchev–Trinajstić information content (AvgIpc) is 3.40. The van der Waals surface area contributed by atoms with Crippen LogP contribution < -0.4 is 14.8 Å². The number of H-pyrrole nitrogens is 1. The van der Waals surface area contributed by atoms with Crippen LogP contribution in [0.3, 0.4) is 0 Å². The fraction of sp³-hybridized carbons (Fsp3) is 0.429. The maximum absolute atomic E-state index is 12.7. The standard InChI is InChI=1S/C21H25N3O4/c1-2-16-6-7-17(23-16)21(26)24-9-3-4-14(12-24)11-22-20(25)15-5-8-18-19(10-15)28-13-27-18/h5-8,10,14,23H,2-4,9,11-13H2,1H3,(H,22,25)/t14-/m1/s1. The van der Waals surface area contributed by atoms with Gasteiger partial charge in [0.05, 0.1) is 0 Å². The molecule has 7 heteroatoms. The molecule has 1 fully saturated rings. The van der Waals surface area contributed by atoms with Gasteiger partial charge in [0.2, 0.25) is 6.79 Å². The van der Waals surface area contributed by atoms with E-state index >= 15 is 0 Å². The Morgan fingerprint density at radius 2 is 2.07 bits per heavy atom. The van der Waals surface area contributed by atoms with Crippen LogP contribution in [0.15, 0.2) is 30.3 Å². The number of ether oxygens (including phenoxy) is 2. The van der Waals surface area contributed by atoms with E-state index in [2.05, 4.69) is 17.2 Å². The zero-order valence-corrected chi connectivity index (χ0v) is 16.0. The second-order valence-electron chi connectivity index (χ2n) is 7.29. The van der Waals surface area contributed by atoms with Crippen LogP contribution >= 0.6 is 0 Å². The number of carbonyl (C=O) groups excluding carboxylic acids is 2. The van der Waals surface area contributed by atoms with Crippen molar-refractivity contribution in [3.63, 3.8) is 0 Å². The van der Waals surface area contributed by atoms with Crippen LogP contribution in [0.1, 0.15) is 46.3 Å². The van der Waals surface area contributed by atoms with E-state index in [9.17, 15) is 9.59 Å². The Labute approximate surface area is 164 Å². The number of amides is 2. The van der Waals surface area contributed by atoms with Gasteiger partial charge in [-0.15, -0.1) is 0 Å². The molecular weight excluding hydrogens is 358 g/mol. The molecule has 1 aromatic carbocycles. The number of likely N-dealkylation sites (tertiary alicyclic amines) is 1. The van der Waals surface area contributed by atoms with E-state index in [1.54, 1.807) is 18.2 Å². The van der Waals surface area contributed by atoms with Gasteiger partial charge < -0.3 is 24.7 Å². The first-order valence-electron chi connectivity index (χ1n) is 9.79. The molecule has 0 aliphatic carbocycles. The number of hydrogen-bond donors (Lipinski definition) is 2. The summed E-state index contributed by atoms with van der Waals surface area (Å²) in [6, 6.07) is 8.99. The lowest BCUT2D eigenvalue weighted by atomic mass is 9.97. The van der Waals surface area contributed by atoms with Crippen LogP contribution in [0.25, 0.3) is 0 Å². The monoisotopic (exact) mass is 383 g/mol. The highest BCUT2D eigenvalue weighted by Gasteiger charge is 2.26. The molecule has 2 N–H and O–H groups in total. The Balaban J connectivity index is 1.32. The summed E-state index contributed by atoms with van der Waals surface area (Å²) in [5, 5.41) is 2.99. The molecule has 1 atom stereocenters. The molecule has 0 radical (unpaired) electrons. The Hall–Kier alpha value is -2.96. The largest absolute Gasteiger partial charge is 0.454 e. The van der Waals surface area contributed by atoms with Crippen molar-refractivity contribution in [2.45, 2.75) is 26.2 Å². The van der Waals surface area contributed by atoms with Crippen LogP contribution in [0.5, 0.6) is 11.5 Å². The van der Waals surface area contributed by atoms with E-state index in [-0.39, 0.29) is 24.5 Å². The van der Waals surface area contributed by atoms with Gasteiger partial charge in [-0.2, -0.15) is 0 Å². The van der Waals surface area contributed by atoms with E-state index in [1.165, 1.54) is 0 Å². The number of nitrogens with one attached hydrogen (secondary N) is 2. The van der Waals surface area contributed by atoms with E-state index < -0.39 is 0 Å². The van der Waals surface area contributed by atoms with E-state index in [1.807, 2.05) is 17.0 Å². The number of aromatic amines is 1. The van der Waals surface area contributed by atoms with Crippen LogP contribution in [0.2, 0.25) is 0 Å². The van der Waals surface area contributed by atoms with Gasteiger partial charge >= 0.3 is 0 Å². The third kappa shape index (κ3) is 3.83. The number of nitrogens with zero attached hydrogens (tertiary/aromatic N) is 1. The maximum atomic E-state index is 12.7. The third-order valence-electron chi connectivity index (χ3n) is 5.35. The average molecular weight is 383 g/mol. The first kappa shape index (κ1) is 18.4. The summed E-state index contributed by atoms with van der Waals surface area (Å²) in [5.74, 6) is 1.40. The van der Waals surface area contributed by atoms with Gasteiger partial charge in [-0.05, 0) is 55.5 Å². The van der Waals surface area contributed by atoms with Crippen molar-refractivity contribution in [1.29, 1.82) is 0 Å². The minimum absolute atomic E-state index is 0.0338. The molecule has 0 spiro atoms. The summed E-state index contributed by atoms with van der Waals surface area (Å²) in [5.41, 5.74) is 2.25. The van der Waals surface area contributed by atoms with Gasteiger partial charge in [0.15, 0.2) is 11.5 Å². The topological polar surface area (TPSA) is 83.7 Å². The van der Waals surface area contributed by atoms with Crippen molar-refractivity contribution in [2.24, 2.45) is 5.92 Å². The SMILES string of the molecule is CCc1ccc(C(=O)N2CCC[C@H](CNC(=O)c3ccc4c(c3)OCO4)C2)[nH]1. The minimum atomic E-state index is -0.140. The number of fused-ring (bicyclic) bond motifs is 1. The van der Waals surface area contributed by atoms with Crippen molar-refractivity contribution >= 4 is 11.8 Å². The number of rotatable bonds is 5. The number of aromatic nitrogens is 1. The first-order valence-corrected chi connectivity index (χ1v) is 9.79. The predicted molar refractivity (Wildman–Crippen MR) is 104 cm³/mol. The predicted octanol–water partition coefficient (Wildman–Crippen LogP) is 2.59. The molecule has 0 bridgehead atoms. The van der Waals surface area contributed by atoms with Crippen molar-refractivity contribution in [3.05, 3.63) is 47.3 Å². The highest BCUT2D eigenvalue weighted by Crippen LogP contribution is 2.32. The van der Waals surface area contributed by atoms with Gasteiger partial charge in [-0.1, -0.05) is 6.92 Å². The molecule has 28 heavy (non-hydrogen) atoms. The molecule has 2 aromatic rings. The summed E-state index contributed by atoms with van der Waals surface area (Å²) < 4.78 is 10.6. The molecule has 3 heterocycles. The molecule has 1 saturated heterocycles. The quantitative estimate of drug-likeness (QED) is 0.831. The smallest absolute Gasteiger partial charge is 0.270 e. The van der Waals surface area contributed by atoms with Crippen molar-refractivity contribution in [2.75, 3.05) is 26.4 Å². The fourth-order valence-electron chi connectivity index (χ4n) is 3.73. The molecule has 7 nitrogen and oxygen atoms in total. The summed E-state index contributed by atoms with van der Waals surface area (Å²) in [6.07, 6.45) is 2.82. The van der Waals surface area contributed by atoms with E-state index in [0.717, 1.165) is 31.5 Å². The lowest BCUT2D eigenvalue weighted by Gasteiger charge is -2.32. The molecule has 2 aliphatic rings. The van der Waals surface area contributed by atoms with Crippen molar-refractivity contribution < 1.29 is 19.1 Å². The van der Waals surface area contributed by atoms with Crippen molar-refractivity contribution in [3.8, 4) is 11.5 Å². The molecule has 148 valence electrons. The summed E-state index contributed by atoms with van der Waals surface area (Å²) in [4.78, 5) is 30.3. The third-order valence-corrected chi connectivity index (χ3v) is 5.35. The second-order valence-corrected chi connectivity index (χ2v) is 7.29. The van der Waals surface area contributed by atoms with Crippen molar-refractivity contribution in [1.82, 2.24) is 15.2 Å². The van der Waals surface area contributed by atoms with E-state index in [0.29, 0.717) is 35.8 Å². The fourth-order valence-corrected chi connectivity index (χ4v) is 3.73. The Morgan fingerprint density at radius 3 is 2.89 bits per heavy atom. The maximum Gasteiger partial charge on any atom is 0.270 e. The van der Waals surface area contributed by atoms with Gasteiger partial charge in [0, 0.05) is 30.9 Å². The zero-order chi connectivity index (χ0) is 19.5. The summed E-state index contributed by atoms with van der Waals surface area (Å²) >= 11 is 0. The van der Waals surface area contributed by atoms with E-state index in [4.69, 9.17) is 9.47 Å². The minimum Gasteiger partial charge on any atom is -0.454 e. The van der Waals surface area contributed by atoms with Gasteiger partial charge in [-0.3, -0.25) is 9.59 Å². The Morgan fingerprint density at radius 1 is 1.21 bits per heavy atom. The number of piperidine rings is 1. The Bertz CT molecular complexity index is 876. The van der Waals surface area contributed by atoms with Crippen LogP contribution in [-0.4, -0.2) is 48.1 Å². The lowest BCUT2D eigenvalue weighted by Crippen LogP contribution is -2.43. The molecule has 2 aliphatic heterocycles. The van der Waals surface area contributed by atoms with Gasteiger partial charge in [0.25, 0.3) is 11.8 Å². The highest BCUT2D eigenvalue weighted by molar-refractivity contribution is 5.95. The Kier molecular flexibility index (Phi) is 5.23. The molecule has 1 aromatic heterocycles. The molecule has 0 unspecified atom stereocenters. The normalized spacial score (nSPS) is 18.2. The van der Waals surface area contributed by atoms with Gasteiger partial charge in [0.1, 0.15) is 5.69 Å². The molecule has 0 saturated carbocycles. The zero-order valence-electron chi connectivity index (χ0n) is 16.0. The second kappa shape index (κ2) is 7.96. The lowest BCUT2D eigenvalue weighted by molar-refractivity contribution is 0.0665. The number of carbonyl (C=O) groups is 2. The molecule has 4 rings (SSSR count). The number of hydrogen-bond acceptors (Lipinski definition) is 4. The van der Waals surface area contributed by atoms with Crippen LogP contribution in [-0.2, 0) is 6.42 Å². The first-order chi connectivity index (χ1) is 13.6. The molecule has 2 amide bonds. The van der Waals surface area contributed by atoms with Gasteiger partial charge in [-0.25, -0.2) is 0 Å². The van der Waals surface area contributed by atoms with Crippen LogP contribution in [0.4, 0.5) is 0 Å². The number of aryl methyl sites for hydroxylation is 1. The highest BCUT2D eigenvalue weighted by atomic mass is 16.7.